The Hall–Kier alpha value is -4.23. The summed E-state index contributed by atoms with van der Waals surface area (Å²) in [5.74, 6) is 0.198. The Morgan fingerprint density at radius 3 is 2.41 bits per heavy atom. The van der Waals surface area contributed by atoms with Crippen LogP contribution in [0.5, 0.6) is 5.75 Å². The first-order chi connectivity index (χ1) is 18.6. The highest BCUT2D eigenvalue weighted by molar-refractivity contribution is 7.92. The number of esters is 1. The number of carbonyl (C=O) groups is 1. The van der Waals surface area contributed by atoms with Gasteiger partial charge in [-0.1, -0.05) is 32.0 Å². The van der Waals surface area contributed by atoms with E-state index in [1.807, 2.05) is 26.0 Å². The molecule has 2 aromatic carbocycles. The number of carbonyl (C=O) groups excluding carboxylic acids is 1. The van der Waals surface area contributed by atoms with Gasteiger partial charge in [-0.05, 0) is 29.7 Å². The highest BCUT2D eigenvalue weighted by Crippen LogP contribution is 2.31. The smallest absolute Gasteiger partial charge is 0.323 e. The summed E-state index contributed by atoms with van der Waals surface area (Å²) < 4.78 is 40.9. The number of anilines is 3. The van der Waals surface area contributed by atoms with Crippen LogP contribution in [0.25, 0.3) is 11.0 Å². The normalized spacial score (nSPS) is 12.4. The van der Waals surface area contributed by atoms with Crippen LogP contribution in [0.2, 0.25) is 0 Å². The Morgan fingerprint density at radius 2 is 1.79 bits per heavy atom. The number of benzene rings is 2. The number of fused-ring (bicyclic) bond motifs is 1. The summed E-state index contributed by atoms with van der Waals surface area (Å²) in [7, 11) is -0.845. The van der Waals surface area contributed by atoms with Gasteiger partial charge in [0.2, 0.25) is 0 Å². The van der Waals surface area contributed by atoms with Crippen LogP contribution in [-0.2, 0) is 33.0 Å². The number of aryl methyl sites for hydroxylation is 1. The fourth-order valence-electron chi connectivity index (χ4n) is 3.64. The van der Waals surface area contributed by atoms with E-state index in [1.165, 1.54) is 24.2 Å². The highest BCUT2D eigenvalue weighted by atomic mass is 32.2. The van der Waals surface area contributed by atoms with Crippen molar-refractivity contribution in [3.63, 3.8) is 0 Å². The SMILES string of the molecule is COc1ccc(CCOC(=O)[C@@H](N)C(C)C)c(Nc2nc3ccccc3nc2NS(=O)(=O)c2cn(C)cn2)c1. The molecule has 0 fully saturated rings. The molecule has 12 nitrogen and oxygen atoms in total. The van der Waals surface area contributed by atoms with Gasteiger partial charge in [0.05, 0.1) is 31.1 Å². The summed E-state index contributed by atoms with van der Waals surface area (Å²) in [5.41, 5.74) is 8.29. The van der Waals surface area contributed by atoms with Crippen molar-refractivity contribution in [1.82, 2.24) is 19.5 Å². The average Bonchev–Trinajstić information content (AvgIpc) is 3.36. The minimum atomic E-state index is -4.06. The number of nitrogens with two attached hydrogens (primary N) is 1. The van der Waals surface area contributed by atoms with Crippen molar-refractivity contribution in [2.45, 2.75) is 31.3 Å². The molecule has 0 saturated heterocycles. The molecule has 0 aliphatic carbocycles. The molecule has 0 amide bonds. The molecule has 2 aromatic heterocycles. The zero-order valence-corrected chi connectivity index (χ0v) is 22.9. The number of nitrogens with one attached hydrogen (secondary N) is 2. The fourth-order valence-corrected chi connectivity index (χ4v) is 4.63. The van der Waals surface area contributed by atoms with Crippen LogP contribution in [0.3, 0.4) is 0 Å². The monoisotopic (exact) mass is 553 g/mol. The molecule has 2 heterocycles. The molecule has 13 heteroatoms. The van der Waals surface area contributed by atoms with Crippen LogP contribution in [-0.4, -0.2) is 53.7 Å². The highest BCUT2D eigenvalue weighted by Gasteiger charge is 2.22. The van der Waals surface area contributed by atoms with E-state index in [1.54, 1.807) is 37.4 Å². The van der Waals surface area contributed by atoms with Gasteiger partial charge >= 0.3 is 5.97 Å². The maximum Gasteiger partial charge on any atom is 0.323 e. The minimum Gasteiger partial charge on any atom is -0.497 e. The molecule has 0 radical (unpaired) electrons. The number of nitrogens with zero attached hydrogens (tertiary/aromatic N) is 4. The number of rotatable bonds is 11. The summed E-state index contributed by atoms with van der Waals surface area (Å²) in [4.78, 5) is 25.3. The first kappa shape index (κ1) is 27.8. The van der Waals surface area contributed by atoms with E-state index >= 15 is 0 Å². The van der Waals surface area contributed by atoms with E-state index in [2.05, 4.69) is 25.0 Å². The Bertz CT molecular complexity index is 1590. The summed E-state index contributed by atoms with van der Waals surface area (Å²) in [6, 6.07) is 11.7. The van der Waals surface area contributed by atoms with E-state index in [9.17, 15) is 13.2 Å². The molecule has 0 saturated carbocycles. The standard InChI is InChI=1S/C26H31N7O5S/c1-16(2)23(27)26(34)38-12-11-17-9-10-18(37-4)13-21(17)31-24-25(30-20-8-6-5-7-19(20)29-24)32-39(35,36)22-14-33(3)15-28-22/h5-10,13-16,23H,11-12,27H2,1-4H3,(H,29,31)(H,30,32)/t23-/m0/s1. The largest absolute Gasteiger partial charge is 0.497 e. The van der Waals surface area contributed by atoms with Gasteiger partial charge in [0.1, 0.15) is 11.8 Å². The first-order valence-electron chi connectivity index (χ1n) is 12.2. The number of imidazole rings is 1. The van der Waals surface area contributed by atoms with Crippen molar-refractivity contribution < 1.29 is 22.7 Å². The first-order valence-corrected chi connectivity index (χ1v) is 13.7. The number of ether oxygens (including phenoxy) is 2. The molecule has 0 aliphatic rings. The number of hydrogen-bond donors (Lipinski definition) is 3. The van der Waals surface area contributed by atoms with E-state index in [0.29, 0.717) is 28.9 Å². The average molecular weight is 554 g/mol. The van der Waals surface area contributed by atoms with Gasteiger partial charge in [0.15, 0.2) is 16.7 Å². The zero-order valence-electron chi connectivity index (χ0n) is 22.1. The number of para-hydroxylation sites is 2. The Labute approximate surface area is 226 Å². The van der Waals surface area contributed by atoms with Crippen molar-refractivity contribution in [3.05, 3.63) is 60.6 Å². The van der Waals surface area contributed by atoms with Crippen molar-refractivity contribution in [3.8, 4) is 5.75 Å². The quantitative estimate of drug-likeness (QED) is 0.235. The lowest BCUT2D eigenvalue weighted by molar-refractivity contribution is -0.146. The predicted molar refractivity (Wildman–Crippen MR) is 147 cm³/mol. The van der Waals surface area contributed by atoms with Gasteiger partial charge in [-0.15, -0.1) is 0 Å². The second-order valence-electron chi connectivity index (χ2n) is 9.23. The second kappa shape index (κ2) is 11.7. The van der Waals surface area contributed by atoms with Crippen molar-refractivity contribution in [2.24, 2.45) is 18.7 Å². The molecule has 0 aliphatic heterocycles. The maximum atomic E-state index is 13.1. The molecule has 4 N–H and O–H groups in total. The molecule has 0 spiro atoms. The zero-order chi connectivity index (χ0) is 28.2. The molecule has 206 valence electrons. The van der Waals surface area contributed by atoms with E-state index in [0.717, 1.165) is 5.56 Å². The van der Waals surface area contributed by atoms with Crippen LogP contribution in [0, 0.1) is 5.92 Å². The summed E-state index contributed by atoms with van der Waals surface area (Å²) in [6.45, 7) is 3.80. The van der Waals surface area contributed by atoms with Gasteiger partial charge < -0.3 is 25.1 Å². The van der Waals surface area contributed by atoms with Gasteiger partial charge in [0.25, 0.3) is 10.0 Å². The van der Waals surface area contributed by atoms with Crippen LogP contribution in [0.1, 0.15) is 19.4 Å². The van der Waals surface area contributed by atoms with Crippen molar-refractivity contribution in [2.75, 3.05) is 23.8 Å². The molecule has 39 heavy (non-hydrogen) atoms. The summed E-state index contributed by atoms with van der Waals surface area (Å²) >= 11 is 0. The molecule has 1 atom stereocenters. The Morgan fingerprint density at radius 1 is 1.10 bits per heavy atom. The van der Waals surface area contributed by atoms with E-state index < -0.39 is 22.0 Å². The number of methoxy groups -OCH3 is 1. The lowest BCUT2D eigenvalue weighted by atomic mass is 10.1. The van der Waals surface area contributed by atoms with E-state index in [-0.39, 0.29) is 29.2 Å². The second-order valence-corrected chi connectivity index (χ2v) is 10.9. The molecular formula is C26H31N7O5S. The van der Waals surface area contributed by atoms with Gasteiger partial charge in [0, 0.05) is 31.4 Å². The van der Waals surface area contributed by atoms with Gasteiger partial charge in [-0.3, -0.25) is 9.52 Å². The van der Waals surface area contributed by atoms with Crippen molar-refractivity contribution in [1.29, 1.82) is 0 Å². The van der Waals surface area contributed by atoms with Crippen molar-refractivity contribution >= 4 is 44.3 Å². The third kappa shape index (κ3) is 6.62. The number of sulfonamides is 1. The summed E-state index contributed by atoms with van der Waals surface area (Å²) in [5, 5.41) is 3.04. The molecule has 0 bridgehead atoms. The molecule has 4 rings (SSSR count). The number of aromatic nitrogens is 4. The minimum absolute atomic E-state index is 0.0116. The van der Waals surface area contributed by atoms with Gasteiger partial charge in [-0.25, -0.2) is 15.0 Å². The lowest BCUT2D eigenvalue weighted by Crippen LogP contribution is -2.37. The topological polar surface area (TPSA) is 163 Å². The van der Waals surface area contributed by atoms with Crippen LogP contribution >= 0.6 is 0 Å². The van der Waals surface area contributed by atoms with Crippen LogP contribution in [0.4, 0.5) is 17.3 Å². The lowest BCUT2D eigenvalue weighted by Gasteiger charge is -2.17. The molecule has 4 aromatic rings. The Balaban J connectivity index is 1.67. The summed E-state index contributed by atoms with van der Waals surface area (Å²) in [6.07, 6.45) is 3.14. The van der Waals surface area contributed by atoms with Crippen LogP contribution in [0.15, 0.2) is 60.0 Å². The fraction of sp³-hybridized carbons (Fsp3) is 0.308. The van der Waals surface area contributed by atoms with Gasteiger partial charge in [-0.2, -0.15) is 8.42 Å². The third-order valence-electron chi connectivity index (χ3n) is 5.93. The Kier molecular flexibility index (Phi) is 8.31. The maximum absolute atomic E-state index is 13.1. The molecular weight excluding hydrogens is 522 g/mol. The number of hydrogen-bond acceptors (Lipinski definition) is 10. The van der Waals surface area contributed by atoms with E-state index in [4.69, 9.17) is 15.2 Å². The van der Waals surface area contributed by atoms with Crippen LogP contribution < -0.4 is 20.5 Å². The molecule has 0 unspecified atom stereocenters. The predicted octanol–water partition coefficient (Wildman–Crippen LogP) is 2.99. The third-order valence-corrected chi connectivity index (χ3v) is 7.16.